The fourth-order valence-electron chi connectivity index (χ4n) is 7.93. The third-order valence-corrected chi connectivity index (χ3v) is 11.6. The van der Waals surface area contributed by atoms with E-state index in [2.05, 4.69) is 41.7 Å². The van der Waals surface area contributed by atoms with Gasteiger partial charge in [0, 0.05) is 65.9 Å². The van der Waals surface area contributed by atoms with E-state index in [1.807, 2.05) is 115 Å². The molecule has 0 radical (unpaired) electrons. The van der Waals surface area contributed by atoms with Crippen LogP contribution in [-0.2, 0) is 14.4 Å². The quantitative estimate of drug-likeness (QED) is 0.0462. The molecule has 3 amide bonds. The number of pyridine rings is 2. The van der Waals surface area contributed by atoms with Crippen LogP contribution >= 0.6 is 0 Å². The number of aromatic nitrogens is 2. The van der Waals surface area contributed by atoms with E-state index >= 15 is 0 Å². The molecule has 3 aromatic carbocycles. The summed E-state index contributed by atoms with van der Waals surface area (Å²) in [5, 5.41) is 20.6. The predicted octanol–water partition coefficient (Wildman–Crippen LogP) is 9.99. The molecule has 386 valence electrons. The lowest BCUT2D eigenvalue weighted by Crippen LogP contribution is -2.57. The van der Waals surface area contributed by atoms with Crippen molar-refractivity contribution in [3.05, 3.63) is 145 Å². The molecule has 3 fully saturated rings. The average molecular weight is 966 g/mol. The summed E-state index contributed by atoms with van der Waals surface area (Å²) >= 11 is 0. The topological polar surface area (TPSA) is 214 Å². The first kappa shape index (κ1) is 65.2. The number of anilines is 4. The van der Waals surface area contributed by atoms with Gasteiger partial charge in [0.05, 0.1) is 5.69 Å². The first-order valence-electron chi connectivity index (χ1n) is 21.5. The van der Waals surface area contributed by atoms with Gasteiger partial charge in [-0.05, 0) is 138 Å². The zero-order chi connectivity index (χ0) is 44.3. The molecule has 5 aromatic rings. The van der Waals surface area contributed by atoms with Crippen molar-refractivity contribution in [2.75, 3.05) is 62.3 Å². The van der Waals surface area contributed by atoms with E-state index in [1.54, 1.807) is 30.6 Å². The molecule has 70 heavy (non-hydrogen) atoms. The molecule has 9 N–H and O–H groups in total. The maximum atomic E-state index is 13.0. The van der Waals surface area contributed by atoms with Crippen LogP contribution in [0.5, 0.6) is 0 Å². The smallest absolute Gasteiger partial charge is 0.253 e. The monoisotopic (exact) mass is 966 g/mol. The molecule has 0 atom stereocenters. The molecule has 3 saturated heterocycles. The minimum Gasteiger partial charge on any atom is -0.399 e. The largest absolute Gasteiger partial charge is 0.399 e. The molecule has 3 aliphatic heterocycles. The number of para-hydroxylation sites is 2. The second kappa shape index (κ2) is 32.8. The van der Waals surface area contributed by atoms with Gasteiger partial charge in [0.1, 0.15) is 23.9 Å². The Morgan fingerprint density at radius 3 is 1.54 bits per heavy atom. The minimum absolute atomic E-state index is 0. The molecular weight excluding hydrogens is 879 g/mol. The Bertz CT molecular complexity index is 2200. The van der Waals surface area contributed by atoms with Gasteiger partial charge in [0.15, 0.2) is 0 Å². The van der Waals surface area contributed by atoms with E-state index in [1.165, 1.54) is 0 Å². The molecule has 0 aliphatic carbocycles. The number of piperidine rings is 3. The van der Waals surface area contributed by atoms with Gasteiger partial charge in [-0.15, -0.1) is 0 Å². The van der Waals surface area contributed by atoms with E-state index in [9.17, 15) is 14.4 Å². The molecule has 0 unspecified atom stereocenters. The lowest BCUT2D eigenvalue weighted by atomic mass is 9.86. The number of benzene rings is 3. The second-order valence-electron chi connectivity index (χ2n) is 15.8. The van der Waals surface area contributed by atoms with Crippen LogP contribution in [0.2, 0.25) is 0 Å². The van der Waals surface area contributed by atoms with Crippen LogP contribution in [0.1, 0.15) is 107 Å². The third-order valence-electron chi connectivity index (χ3n) is 11.6. The van der Waals surface area contributed by atoms with Crippen LogP contribution in [0.15, 0.2) is 139 Å². The molecule has 3 aliphatic rings. The van der Waals surface area contributed by atoms with E-state index in [-0.39, 0.29) is 63.8 Å². The molecule has 5 heterocycles. The van der Waals surface area contributed by atoms with Gasteiger partial charge < -0.3 is 47.8 Å². The lowest BCUT2D eigenvalue weighted by molar-refractivity contribution is -0.124. The summed E-state index contributed by atoms with van der Waals surface area (Å²) in [6.45, 7) is 4.64. The van der Waals surface area contributed by atoms with Crippen LogP contribution in [-0.4, -0.2) is 95.8 Å². The number of amides is 3. The highest BCUT2D eigenvalue weighted by atomic mass is 16.6. The van der Waals surface area contributed by atoms with Crippen LogP contribution in [0.3, 0.4) is 0 Å². The van der Waals surface area contributed by atoms with E-state index in [0.717, 1.165) is 86.0 Å². The number of nitrogens with two attached hydrogens (primary N) is 2. The van der Waals surface area contributed by atoms with Crippen molar-refractivity contribution in [1.82, 2.24) is 25.5 Å². The Morgan fingerprint density at radius 2 is 1.07 bits per heavy atom. The molecule has 0 saturated carbocycles. The first-order valence-corrected chi connectivity index (χ1v) is 21.5. The molecule has 0 bridgehead atoms. The average Bonchev–Trinajstić information content (AvgIpc) is 3.33. The SMILES string of the molecule is C.C.C.C.C.C.C.CO/N=C(/c1ccccn1)C1CCNCC1.NC(=O)C1(Nc2ccccc2)CCN(C(=O)c2ccc(Nc3ccncc3)cc2)CC1.NC(=O)C1(Nc2ccccc2)CCNCC1. The number of oxime groups is 1. The third kappa shape index (κ3) is 18.2. The van der Waals surface area contributed by atoms with Gasteiger partial charge in [-0.25, -0.2) is 0 Å². The summed E-state index contributed by atoms with van der Waals surface area (Å²) in [6, 6.07) is 36.3. The Morgan fingerprint density at radius 1 is 0.600 bits per heavy atom. The van der Waals surface area contributed by atoms with Crippen LogP contribution in [0.4, 0.5) is 22.7 Å². The zero-order valence-electron chi connectivity index (χ0n) is 35.8. The number of rotatable bonds is 12. The number of nitrogens with one attached hydrogen (secondary N) is 5. The summed E-state index contributed by atoms with van der Waals surface area (Å²) in [4.78, 5) is 51.9. The highest BCUT2D eigenvalue weighted by Gasteiger charge is 2.41. The second-order valence-corrected chi connectivity index (χ2v) is 15.8. The number of hydrogen-bond acceptors (Lipinski definition) is 12. The van der Waals surface area contributed by atoms with Crippen molar-refractivity contribution in [2.24, 2.45) is 22.5 Å². The number of carbonyl (C=O) groups excluding carboxylic acids is 3. The fourth-order valence-corrected chi connectivity index (χ4v) is 7.93. The number of likely N-dealkylation sites (tertiary alicyclic amines) is 1. The summed E-state index contributed by atoms with van der Waals surface area (Å²) in [5.74, 6) is -0.253. The maximum absolute atomic E-state index is 13.0. The Labute approximate surface area is 421 Å². The van der Waals surface area contributed by atoms with Crippen LogP contribution < -0.4 is 38.1 Å². The van der Waals surface area contributed by atoms with E-state index in [4.69, 9.17) is 16.3 Å². The Hall–Kier alpha value is -6.84. The highest BCUT2D eigenvalue weighted by molar-refractivity contribution is 6.00. The van der Waals surface area contributed by atoms with Crippen molar-refractivity contribution >= 4 is 46.2 Å². The van der Waals surface area contributed by atoms with E-state index in [0.29, 0.717) is 37.4 Å². The summed E-state index contributed by atoms with van der Waals surface area (Å²) in [5.41, 5.74) is 16.0. The van der Waals surface area contributed by atoms with Gasteiger partial charge in [0.2, 0.25) is 11.8 Å². The summed E-state index contributed by atoms with van der Waals surface area (Å²) in [6.07, 6.45) is 9.81. The Balaban J connectivity index is 0. The minimum atomic E-state index is -0.851. The number of hydrogen-bond donors (Lipinski definition) is 7. The molecule has 0 spiro atoms. The lowest BCUT2D eigenvalue weighted by Gasteiger charge is -2.40. The van der Waals surface area contributed by atoms with Gasteiger partial charge in [-0.1, -0.05) is 99.6 Å². The highest BCUT2D eigenvalue weighted by Crippen LogP contribution is 2.29. The molecular formula is C55H87N11O4. The van der Waals surface area contributed by atoms with Crippen molar-refractivity contribution in [3.63, 3.8) is 0 Å². The van der Waals surface area contributed by atoms with Gasteiger partial charge in [-0.3, -0.25) is 24.4 Å². The van der Waals surface area contributed by atoms with Crippen molar-refractivity contribution in [3.8, 4) is 0 Å². The number of primary amides is 2. The van der Waals surface area contributed by atoms with Crippen LogP contribution in [0, 0.1) is 5.92 Å². The number of nitrogens with zero attached hydrogens (tertiary/aromatic N) is 4. The summed E-state index contributed by atoms with van der Waals surface area (Å²) < 4.78 is 0. The summed E-state index contributed by atoms with van der Waals surface area (Å²) in [7, 11) is 1.59. The van der Waals surface area contributed by atoms with Crippen molar-refractivity contribution in [2.45, 2.75) is 102 Å². The maximum Gasteiger partial charge on any atom is 0.253 e. The molecule has 15 nitrogen and oxygen atoms in total. The fraction of sp³-hybridized carbons (Fsp3) is 0.418. The van der Waals surface area contributed by atoms with Crippen molar-refractivity contribution in [1.29, 1.82) is 0 Å². The Kier molecular flexibility index (Phi) is 30.6. The molecule has 2 aromatic heterocycles. The van der Waals surface area contributed by atoms with Gasteiger partial charge in [0.25, 0.3) is 5.91 Å². The van der Waals surface area contributed by atoms with E-state index < -0.39 is 17.0 Å². The molecule has 8 rings (SSSR count). The van der Waals surface area contributed by atoms with Crippen LogP contribution in [0.25, 0.3) is 0 Å². The predicted molar refractivity (Wildman–Crippen MR) is 296 cm³/mol. The standard InChI is InChI=1S/C24H25N5O2.2C12H17N3O.7CH4/c25-23(31)24(28-21-4-2-1-3-5-21)12-16-29(17-13-24)22(30)18-6-8-19(9-7-18)27-20-10-14-26-15-11-20;1-16-15-12(10-5-8-13-9-6-10)11-4-2-3-7-14-11;13-11(16)12(6-8-14-9-7-12)15-10-4-2-1-3-5-10;;;;;;;/h1-11,14-15,28H,12-13,16-17H2,(H2,25,31)(H,26,27);2-4,7,10,13H,5-6,8-9H2,1H3;1-5,14-15H,6-9H2,(H2,13,16);7*1H4/b;15-12+;;;;;;;;. The first-order chi connectivity index (χ1) is 30.7. The van der Waals surface area contributed by atoms with Gasteiger partial charge in [-0.2, -0.15) is 0 Å². The zero-order valence-corrected chi connectivity index (χ0v) is 35.8. The van der Waals surface area contributed by atoms with Crippen molar-refractivity contribution < 1.29 is 19.2 Å². The van der Waals surface area contributed by atoms with Gasteiger partial charge >= 0.3 is 0 Å². The normalized spacial score (nSPS) is 15.3. The number of carbonyl (C=O) groups is 3. The molecule has 15 heteroatoms.